The van der Waals surface area contributed by atoms with Gasteiger partial charge in [-0.25, -0.2) is 4.79 Å². The molecule has 2 rings (SSSR count). The van der Waals surface area contributed by atoms with Gasteiger partial charge in [-0.15, -0.1) is 0 Å². The summed E-state index contributed by atoms with van der Waals surface area (Å²) in [5.41, 5.74) is 1.38. The Hall–Kier alpha value is -1.51. The Labute approximate surface area is 102 Å². The highest BCUT2D eigenvalue weighted by molar-refractivity contribution is 5.67. The fraction of sp³-hybridized carbons (Fsp3) is 0.500. The van der Waals surface area contributed by atoms with Crippen LogP contribution in [0.15, 0.2) is 30.3 Å². The van der Waals surface area contributed by atoms with Crippen LogP contribution in [0.2, 0.25) is 0 Å². The Kier molecular flexibility index (Phi) is 3.36. The van der Waals surface area contributed by atoms with Gasteiger partial charge in [0.25, 0.3) is 0 Å². The van der Waals surface area contributed by atoms with Crippen LogP contribution in [0.5, 0.6) is 0 Å². The van der Waals surface area contributed by atoms with Crippen LogP contribution in [0.1, 0.15) is 32.3 Å². The van der Waals surface area contributed by atoms with Crippen LogP contribution in [-0.2, 0) is 11.3 Å². The number of carbonyl (C=O) groups excluding carboxylic acids is 1. The first-order chi connectivity index (χ1) is 8.05. The average Bonchev–Trinajstić information content (AvgIpc) is 2.25. The molecule has 0 bridgehead atoms. The number of nitrogens with one attached hydrogen (secondary N) is 1. The highest BCUT2D eigenvalue weighted by atomic mass is 16.5. The van der Waals surface area contributed by atoms with Gasteiger partial charge >= 0.3 is 6.09 Å². The number of rotatable bonds is 3. The summed E-state index contributed by atoms with van der Waals surface area (Å²) < 4.78 is 5.15. The molecule has 1 aromatic rings. The van der Waals surface area contributed by atoms with Crippen LogP contribution in [0.3, 0.4) is 0 Å². The van der Waals surface area contributed by atoms with Crippen molar-refractivity contribution in [3.63, 3.8) is 0 Å². The predicted octanol–water partition coefficient (Wildman–Crippen LogP) is 3.10. The molecule has 0 atom stereocenters. The summed E-state index contributed by atoms with van der Waals surface area (Å²) >= 11 is 0. The van der Waals surface area contributed by atoms with Gasteiger partial charge in [0.05, 0.1) is 0 Å². The van der Waals surface area contributed by atoms with Crippen LogP contribution >= 0.6 is 0 Å². The quantitative estimate of drug-likeness (QED) is 0.871. The van der Waals surface area contributed by atoms with Crippen molar-refractivity contribution in [1.82, 2.24) is 5.32 Å². The molecule has 1 aliphatic carbocycles. The van der Waals surface area contributed by atoms with Crippen LogP contribution < -0.4 is 5.32 Å². The van der Waals surface area contributed by atoms with Crippen molar-refractivity contribution in [3.05, 3.63) is 35.9 Å². The minimum atomic E-state index is -0.311. The first kappa shape index (κ1) is 12.0. The standard InChI is InChI=1S/C14H19NO2/c1-14(2)8-12(9-14)15-13(16)17-10-11-6-4-3-5-7-11/h3-7,12H,8-10H2,1-2H3,(H,15,16). The second-order valence-electron chi connectivity index (χ2n) is 5.48. The number of hydrogen-bond donors (Lipinski definition) is 1. The third-order valence-electron chi connectivity index (χ3n) is 3.13. The van der Waals surface area contributed by atoms with Gasteiger partial charge in [0.1, 0.15) is 6.61 Å². The van der Waals surface area contributed by atoms with Gasteiger partial charge in [-0.3, -0.25) is 0 Å². The van der Waals surface area contributed by atoms with E-state index < -0.39 is 0 Å². The fourth-order valence-corrected chi connectivity index (χ4v) is 2.31. The number of hydrogen-bond acceptors (Lipinski definition) is 2. The Balaban J connectivity index is 1.69. The zero-order valence-corrected chi connectivity index (χ0v) is 10.4. The number of ether oxygens (including phenoxy) is 1. The van der Waals surface area contributed by atoms with E-state index in [2.05, 4.69) is 19.2 Å². The minimum absolute atomic E-state index is 0.285. The van der Waals surface area contributed by atoms with Crippen LogP contribution in [0.4, 0.5) is 4.79 Å². The molecular weight excluding hydrogens is 214 g/mol. The Morgan fingerprint density at radius 3 is 2.59 bits per heavy atom. The second-order valence-corrected chi connectivity index (χ2v) is 5.48. The van der Waals surface area contributed by atoms with E-state index in [-0.39, 0.29) is 12.1 Å². The van der Waals surface area contributed by atoms with E-state index >= 15 is 0 Å². The number of carbonyl (C=O) groups is 1. The van der Waals surface area contributed by atoms with Gasteiger partial charge in [0.2, 0.25) is 0 Å². The Morgan fingerprint density at radius 2 is 2.00 bits per heavy atom. The lowest BCUT2D eigenvalue weighted by Gasteiger charge is -2.42. The first-order valence-corrected chi connectivity index (χ1v) is 6.02. The smallest absolute Gasteiger partial charge is 0.407 e. The zero-order chi connectivity index (χ0) is 12.3. The third-order valence-corrected chi connectivity index (χ3v) is 3.13. The van der Waals surface area contributed by atoms with E-state index in [0.717, 1.165) is 18.4 Å². The summed E-state index contributed by atoms with van der Waals surface area (Å²) in [4.78, 5) is 11.5. The SMILES string of the molecule is CC1(C)CC(NC(=O)OCc2ccccc2)C1. The van der Waals surface area contributed by atoms with Crippen molar-refractivity contribution in [2.75, 3.05) is 0 Å². The van der Waals surface area contributed by atoms with E-state index in [0.29, 0.717) is 12.0 Å². The van der Waals surface area contributed by atoms with E-state index in [9.17, 15) is 4.79 Å². The van der Waals surface area contributed by atoms with Crippen molar-refractivity contribution in [2.24, 2.45) is 5.41 Å². The summed E-state index contributed by atoms with van der Waals surface area (Å²) in [7, 11) is 0. The largest absolute Gasteiger partial charge is 0.445 e. The van der Waals surface area contributed by atoms with Crippen LogP contribution in [0.25, 0.3) is 0 Å². The normalized spacial score (nSPS) is 18.2. The van der Waals surface area contributed by atoms with E-state index in [1.165, 1.54) is 0 Å². The Morgan fingerprint density at radius 1 is 1.35 bits per heavy atom. The summed E-state index contributed by atoms with van der Waals surface area (Å²) in [6, 6.07) is 9.99. The molecule has 92 valence electrons. The van der Waals surface area contributed by atoms with Crippen LogP contribution in [-0.4, -0.2) is 12.1 Å². The zero-order valence-electron chi connectivity index (χ0n) is 10.4. The lowest BCUT2D eigenvalue weighted by atomic mass is 9.68. The molecular formula is C14H19NO2. The molecule has 0 aromatic heterocycles. The fourth-order valence-electron chi connectivity index (χ4n) is 2.31. The maximum absolute atomic E-state index is 11.5. The van der Waals surface area contributed by atoms with Gasteiger partial charge in [0.15, 0.2) is 0 Å². The highest BCUT2D eigenvalue weighted by Gasteiger charge is 2.36. The molecule has 1 fully saturated rings. The molecule has 1 amide bonds. The second kappa shape index (κ2) is 4.78. The van der Waals surface area contributed by atoms with Crippen molar-refractivity contribution < 1.29 is 9.53 Å². The first-order valence-electron chi connectivity index (χ1n) is 6.02. The van der Waals surface area contributed by atoms with Gasteiger partial charge in [0, 0.05) is 6.04 Å². The molecule has 1 N–H and O–H groups in total. The topological polar surface area (TPSA) is 38.3 Å². The van der Waals surface area contributed by atoms with E-state index in [4.69, 9.17) is 4.74 Å². The van der Waals surface area contributed by atoms with Gasteiger partial charge in [-0.05, 0) is 23.8 Å². The summed E-state index contributed by atoms with van der Waals surface area (Å²) in [5, 5.41) is 2.88. The van der Waals surface area contributed by atoms with Crippen molar-refractivity contribution >= 4 is 6.09 Å². The van der Waals surface area contributed by atoms with Crippen molar-refractivity contribution in [3.8, 4) is 0 Å². The molecule has 0 saturated heterocycles. The number of benzene rings is 1. The molecule has 1 saturated carbocycles. The highest BCUT2D eigenvalue weighted by Crippen LogP contribution is 2.39. The summed E-state index contributed by atoms with van der Waals surface area (Å²) in [6.45, 7) is 4.75. The molecule has 17 heavy (non-hydrogen) atoms. The lowest BCUT2D eigenvalue weighted by Crippen LogP contribution is -2.48. The monoisotopic (exact) mass is 233 g/mol. The summed E-state index contributed by atoms with van der Waals surface area (Å²) in [5.74, 6) is 0. The van der Waals surface area contributed by atoms with Gasteiger partial charge in [-0.2, -0.15) is 0 Å². The molecule has 3 nitrogen and oxygen atoms in total. The number of amides is 1. The maximum atomic E-state index is 11.5. The van der Waals surface area contributed by atoms with Crippen LogP contribution in [0, 0.1) is 5.41 Å². The molecule has 1 aliphatic rings. The van der Waals surface area contributed by atoms with E-state index in [1.807, 2.05) is 30.3 Å². The Bertz CT molecular complexity index is 378. The molecule has 0 spiro atoms. The third kappa shape index (κ3) is 3.48. The minimum Gasteiger partial charge on any atom is -0.445 e. The molecule has 1 aromatic carbocycles. The molecule has 0 unspecified atom stereocenters. The predicted molar refractivity (Wildman–Crippen MR) is 66.6 cm³/mol. The van der Waals surface area contributed by atoms with Crippen molar-refractivity contribution in [2.45, 2.75) is 39.3 Å². The molecule has 0 aliphatic heterocycles. The molecule has 3 heteroatoms. The molecule has 0 heterocycles. The molecule has 0 radical (unpaired) electrons. The average molecular weight is 233 g/mol. The van der Waals surface area contributed by atoms with E-state index in [1.54, 1.807) is 0 Å². The number of alkyl carbamates (subject to hydrolysis) is 1. The lowest BCUT2D eigenvalue weighted by molar-refractivity contribution is 0.0962. The van der Waals surface area contributed by atoms with Gasteiger partial charge in [-0.1, -0.05) is 44.2 Å². The summed E-state index contributed by atoms with van der Waals surface area (Å²) in [6.07, 6.45) is 1.76. The maximum Gasteiger partial charge on any atom is 0.407 e. The van der Waals surface area contributed by atoms with Crippen molar-refractivity contribution in [1.29, 1.82) is 0 Å². The van der Waals surface area contributed by atoms with Gasteiger partial charge < -0.3 is 10.1 Å².